The van der Waals surface area contributed by atoms with Gasteiger partial charge in [-0.1, -0.05) is 48.1 Å². The number of nitrogens with zero attached hydrogens (tertiary/aromatic N) is 6. The molecule has 8 nitrogen and oxygen atoms in total. The van der Waals surface area contributed by atoms with E-state index in [1.807, 2.05) is 42.7 Å². The van der Waals surface area contributed by atoms with Crippen molar-refractivity contribution in [1.82, 2.24) is 19.6 Å². The molecule has 162 valence electrons. The smallest absolute Gasteiger partial charge is 0.270 e. The summed E-state index contributed by atoms with van der Waals surface area (Å²) >= 11 is 6.29. The maximum Gasteiger partial charge on any atom is 0.421 e. The molecule has 1 saturated heterocycles. The zero-order valence-corrected chi connectivity index (χ0v) is 18.9. The highest BCUT2D eigenvalue weighted by Crippen LogP contribution is 2.25. The summed E-state index contributed by atoms with van der Waals surface area (Å²) in [6, 6.07) is 8.12. The molecule has 3 heterocycles. The summed E-state index contributed by atoms with van der Waals surface area (Å²) in [5.41, 5.74) is 2.51. The van der Waals surface area contributed by atoms with E-state index >= 15 is 0 Å². The lowest BCUT2D eigenvalue weighted by atomic mass is 10.1. The van der Waals surface area contributed by atoms with Crippen LogP contribution in [0.25, 0.3) is 0 Å². The lowest BCUT2D eigenvalue weighted by Crippen LogP contribution is -2.62. The minimum Gasteiger partial charge on any atom is -0.270 e. The van der Waals surface area contributed by atoms with Gasteiger partial charge in [0.2, 0.25) is 11.9 Å². The van der Waals surface area contributed by atoms with Crippen molar-refractivity contribution >= 4 is 35.3 Å². The average molecular weight is 442 g/mol. The van der Waals surface area contributed by atoms with Gasteiger partial charge >= 0.3 is 12.0 Å². The highest BCUT2D eigenvalue weighted by atomic mass is 35.5. The van der Waals surface area contributed by atoms with Crippen molar-refractivity contribution in [3.63, 3.8) is 0 Å². The van der Waals surface area contributed by atoms with Crippen LogP contribution in [-0.2, 0) is 11.3 Å². The second-order valence-corrected chi connectivity index (χ2v) is 8.32. The van der Waals surface area contributed by atoms with Crippen LogP contribution in [0.3, 0.4) is 0 Å². The minimum atomic E-state index is -0.671. The monoisotopic (exact) mass is 441 g/mol. The SMILES string of the molecule is CCCC[N+]1=C(n2nc(C)cc2C)N=C2C1C(=O)N(Cc1ccccc1Cl)C(=O)N2C. The minimum absolute atomic E-state index is 0.113. The quantitative estimate of drug-likeness (QED) is 0.669. The molecular formula is C22H26ClN6O2+. The molecule has 2 aliphatic heterocycles. The molecule has 2 aromatic rings. The van der Waals surface area contributed by atoms with E-state index in [-0.39, 0.29) is 12.5 Å². The van der Waals surface area contributed by atoms with Crippen molar-refractivity contribution in [3.05, 3.63) is 52.3 Å². The van der Waals surface area contributed by atoms with E-state index in [0.717, 1.165) is 29.8 Å². The van der Waals surface area contributed by atoms with Crippen molar-refractivity contribution in [2.45, 2.75) is 46.2 Å². The van der Waals surface area contributed by atoms with Crippen LogP contribution in [0.5, 0.6) is 0 Å². The number of urea groups is 1. The average Bonchev–Trinajstić information content (AvgIpc) is 3.28. The topological polar surface area (TPSA) is 73.8 Å². The van der Waals surface area contributed by atoms with Gasteiger partial charge in [0.05, 0.1) is 18.8 Å². The van der Waals surface area contributed by atoms with Gasteiger partial charge in [0, 0.05) is 12.1 Å². The predicted molar refractivity (Wildman–Crippen MR) is 119 cm³/mol. The number of aromatic nitrogens is 2. The number of aliphatic imine (C=N–C) groups is 1. The molecule has 0 N–H and O–H groups in total. The molecule has 1 aromatic heterocycles. The van der Waals surface area contributed by atoms with Gasteiger partial charge in [-0.25, -0.2) is 9.37 Å². The Kier molecular flexibility index (Phi) is 5.66. The molecule has 3 amide bonds. The number of hydrogen-bond acceptors (Lipinski definition) is 4. The van der Waals surface area contributed by atoms with Crippen LogP contribution in [0.1, 0.15) is 36.7 Å². The van der Waals surface area contributed by atoms with Gasteiger partial charge in [-0.3, -0.25) is 14.6 Å². The van der Waals surface area contributed by atoms with E-state index < -0.39 is 12.1 Å². The predicted octanol–water partition coefficient (Wildman–Crippen LogP) is 3.04. The number of imide groups is 1. The molecule has 0 aliphatic carbocycles. The van der Waals surface area contributed by atoms with Gasteiger partial charge in [-0.15, -0.1) is 9.78 Å². The van der Waals surface area contributed by atoms with Gasteiger partial charge in [0.25, 0.3) is 5.91 Å². The standard InChI is InChI=1S/C22H26ClN6O2/c1-5-6-11-27-18-19(24-21(27)29-15(3)12-14(2)25-29)26(4)22(31)28(20(18)30)13-16-9-7-8-10-17(16)23/h7-10,12,18H,5-6,11,13H2,1-4H3/q+1. The highest BCUT2D eigenvalue weighted by molar-refractivity contribution is 6.31. The molecule has 0 saturated carbocycles. The van der Waals surface area contributed by atoms with E-state index in [4.69, 9.17) is 16.6 Å². The van der Waals surface area contributed by atoms with Crippen LogP contribution in [0.2, 0.25) is 5.02 Å². The van der Waals surface area contributed by atoms with Crippen LogP contribution in [0.15, 0.2) is 35.3 Å². The number of unbranched alkanes of at least 4 members (excludes halogenated alkanes) is 1. The first-order chi connectivity index (χ1) is 14.8. The Morgan fingerprint density at radius 2 is 1.94 bits per heavy atom. The Bertz CT molecular complexity index is 1120. The summed E-state index contributed by atoms with van der Waals surface area (Å²) in [6.45, 7) is 6.72. The molecule has 0 radical (unpaired) electrons. The van der Waals surface area contributed by atoms with Gasteiger partial charge in [0.1, 0.15) is 5.69 Å². The summed E-state index contributed by atoms with van der Waals surface area (Å²) < 4.78 is 3.71. The second kappa shape index (κ2) is 8.26. The van der Waals surface area contributed by atoms with Gasteiger partial charge in [-0.05, 0) is 38.0 Å². The van der Waals surface area contributed by atoms with Gasteiger partial charge in [-0.2, -0.15) is 0 Å². The maximum atomic E-state index is 13.6. The van der Waals surface area contributed by atoms with Crippen LogP contribution in [0, 0.1) is 13.8 Å². The summed E-state index contributed by atoms with van der Waals surface area (Å²) in [6.07, 6.45) is 1.85. The number of benzene rings is 1. The molecule has 31 heavy (non-hydrogen) atoms. The third kappa shape index (κ3) is 3.65. The van der Waals surface area contributed by atoms with Crippen molar-refractivity contribution < 1.29 is 14.2 Å². The molecule has 4 rings (SSSR count). The highest BCUT2D eigenvalue weighted by Gasteiger charge is 2.53. The van der Waals surface area contributed by atoms with Crippen molar-refractivity contribution in [2.24, 2.45) is 4.99 Å². The molecule has 2 aliphatic rings. The fourth-order valence-electron chi connectivity index (χ4n) is 4.01. The summed E-state index contributed by atoms with van der Waals surface area (Å²) in [5, 5.41) is 5.08. The summed E-state index contributed by atoms with van der Waals surface area (Å²) in [4.78, 5) is 34.1. The zero-order valence-electron chi connectivity index (χ0n) is 18.2. The Morgan fingerprint density at radius 3 is 2.58 bits per heavy atom. The molecule has 0 bridgehead atoms. The number of hydrogen-bond donors (Lipinski definition) is 0. The number of aryl methyl sites for hydroxylation is 2. The van der Waals surface area contributed by atoms with Crippen LogP contribution >= 0.6 is 11.6 Å². The van der Waals surface area contributed by atoms with Crippen LogP contribution in [0.4, 0.5) is 4.79 Å². The second-order valence-electron chi connectivity index (χ2n) is 7.92. The molecular weight excluding hydrogens is 416 g/mol. The Morgan fingerprint density at radius 1 is 1.19 bits per heavy atom. The summed E-state index contributed by atoms with van der Waals surface area (Å²) in [5.74, 6) is 0.713. The lowest BCUT2D eigenvalue weighted by Gasteiger charge is -2.34. The number of fused-ring (bicyclic) bond motifs is 1. The lowest BCUT2D eigenvalue weighted by molar-refractivity contribution is -0.538. The van der Waals surface area contributed by atoms with E-state index in [0.29, 0.717) is 23.4 Å². The molecule has 1 fully saturated rings. The summed E-state index contributed by atoms with van der Waals surface area (Å²) in [7, 11) is 1.66. The first kappa shape index (κ1) is 21.2. The van der Waals surface area contributed by atoms with Gasteiger partial charge < -0.3 is 0 Å². The number of carbonyl (C=O) groups is 2. The largest absolute Gasteiger partial charge is 0.421 e. The van der Waals surface area contributed by atoms with E-state index in [1.165, 1.54) is 9.80 Å². The number of amidine groups is 1. The third-order valence-corrected chi connectivity index (χ3v) is 6.00. The Hall–Kier alpha value is -3.00. The zero-order chi connectivity index (χ0) is 22.3. The first-order valence-electron chi connectivity index (χ1n) is 10.4. The van der Waals surface area contributed by atoms with Crippen LogP contribution < -0.4 is 0 Å². The molecule has 0 spiro atoms. The Balaban J connectivity index is 1.77. The fourth-order valence-corrected chi connectivity index (χ4v) is 4.20. The van der Waals surface area contributed by atoms with E-state index in [1.54, 1.807) is 17.8 Å². The number of amides is 3. The first-order valence-corrected chi connectivity index (χ1v) is 10.8. The van der Waals surface area contributed by atoms with Crippen molar-refractivity contribution in [2.75, 3.05) is 13.6 Å². The van der Waals surface area contributed by atoms with Crippen molar-refractivity contribution in [3.8, 4) is 0 Å². The Labute approximate surface area is 186 Å². The normalized spacial score (nSPS) is 18.7. The molecule has 1 aromatic carbocycles. The molecule has 1 atom stereocenters. The number of halogens is 1. The van der Waals surface area contributed by atoms with Gasteiger partial charge in [0.15, 0.2) is 0 Å². The molecule has 1 unspecified atom stereocenters. The van der Waals surface area contributed by atoms with E-state index in [9.17, 15) is 9.59 Å². The number of likely N-dealkylation sites (N-methyl/N-ethyl adjacent to an activating group) is 1. The van der Waals surface area contributed by atoms with Crippen molar-refractivity contribution in [1.29, 1.82) is 0 Å². The van der Waals surface area contributed by atoms with Crippen LogP contribution in [-0.4, -0.2) is 67.5 Å². The molecule has 9 heteroatoms. The third-order valence-electron chi connectivity index (χ3n) is 5.63. The number of rotatable bonds is 5. The fraction of sp³-hybridized carbons (Fsp3) is 0.409. The number of carbonyl (C=O) groups excluding carboxylic acids is 2. The maximum absolute atomic E-state index is 13.6. The van der Waals surface area contributed by atoms with E-state index in [2.05, 4.69) is 12.0 Å².